The number of benzene rings is 1. The molecule has 1 fully saturated rings. The zero-order valence-corrected chi connectivity index (χ0v) is 11.9. The van der Waals surface area contributed by atoms with E-state index in [1.807, 2.05) is 25.1 Å². The van der Waals surface area contributed by atoms with Gasteiger partial charge >= 0.3 is 0 Å². The van der Waals surface area contributed by atoms with Gasteiger partial charge in [0.1, 0.15) is 0 Å². The molecule has 2 heteroatoms. The summed E-state index contributed by atoms with van der Waals surface area (Å²) in [6.45, 7) is 2.03. The van der Waals surface area contributed by atoms with Crippen molar-refractivity contribution in [1.82, 2.24) is 0 Å². The molecule has 0 saturated heterocycles. The van der Waals surface area contributed by atoms with Crippen LogP contribution in [0.15, 0.2) is 22.7 Å². The fourth-order valence-electron chi connectivity index (χ4n) is 2.67. The zero-order chi connectivity index (χ0) is 12.3. The average molecular weight is 295 g/mol. The van der Waals surface area contributed by atoms with E-state index in [2.05, 4.69) is 15.9 Å². The molecule has 1 aromatic rings. The molecular formula is C15H19BrO. The first-order valence-corrected chi connectivity index (χ1v) is 7.25. The van der Waals surface area contributed by atoms with E-state index in [-0.39, 0.29) is 0 Å². The van der Waals surface area contributed by atoms with Crippen molar-refractivity contribution in [3.63, 3.8) is 0 Å². The molecular weight excluding hydrogens is 276 g/mol. The van der Waals surface area contributed by atoms with Crippen molar-refractivity contribution in [1.29, 1.82) is 0 Å². The fraction of sp³-hybridized carbons (Fsp3) is 0.533. The molecule has 0 bridgehead atoms. The van der Waals surface area contributed by atoms with Gasteiger partial charge in [-0.3, -0.25) is 4.79 Å². The number of rotatable bonds is 3. The number of halogens is 1. The predicted molar refractivity (Wildman–Crippen MR) is 74.4 cm³/mol. The maximum absolute atomic E-state index is 12.2. The summed E-state index contributed by atoms with van der Waals surface area (Å²) in [5.41, 5.74) is 2.01. The Morgan fingerprint density at radius 3 is 2.59 bits per heavy atom. The Bertz CT molecular complexity index is 385. The lowest BCUT2D eigenvalue weighted by Crippen LogP contribution is -2.12. The molecule has 92 valence electrons. The van der Waals surface area contributed by atoms with Gasteiger partial charge in [-0.1, -0.05) is 48.0 Å². The third-order valence-corrected chi connectivity index (χ3v) is 4.02. The van der Waals surface area contributed by atoms with Crippen LogP contribution < -0.4 is 0 Å². The molecule has 2 rings (SSSR count). The molecule has 0 unspecified atom stereocenters. The van der Waals surface area contributed by atoms with Gasteiger partial charge in [-0.25, -0.2) is 0 Å². The molecule has 1 aliphatic carbocycles. The highest BCUT2D eigenvalue weighted by Gasteiger charge is 2.18. The van der Waals surface area contributed by atoms with Crippen LogP contribution in [0.5, 0.6) is 0 Å². The van der Waals surface area contributed by atoms with Crippen LogP contribution in [0, 0.1) is 12.8 Å². The Labute approximate surface area is 112 Å². The molecule has 0 N–H and O–H groups in total. The molecule has 1 aromatic carbocycles. The monoisotopic (exact) mass is 294 g/mol. The average Bonchev–Trinajstić information content (AvgIpc) is 2.29. The van der Waals surface area contributed by atoms with Gasteiger partial charge in [0.05, 0.1) is 0 Å². The Morgan fingerprint density at radius 2 is 1.94 bits per heavy atom. The lowest BCUT2D eigenvalue weighted by Gasteiger charge is -2.20. The number of carbonyl (C=O) groups excluding carboxylic acids is 1. The number of hydrogen-bond acceptors (Lipinski definition) is 1. The molecule has 0 amide bonds. The molecule has 0 aromatic heterocycles. The summed E-state index contributed by atoms with van der Waals surface area (Å²) >= 11 is 3.45. The van der Waals surface area contributed by atoms with E-state index < -0.39 is 0 Å². The van der Waals surface area contributed by atoms with Crippen LogP contribution in [0.1, 0.15) is 54.4 Å². The van der Waals surface area contributed by atoms with Crippen molar-refractivity contribution in [3.05, 3.63) is 33.8 Å². The first-order chi connectivity index (χ1) is 8.15. The van der Waals surface area contributed by atoms with Crippen LogP contribution in [0.25, 0.3) is 0 Å². The standard InChI is InChI=1S/C15H19BrO/c1-11-7-13(10-14(16)8-11)15(17)9-12-5-3-2-4-6-12/h7-8,10,12H,2-6,9H2,1H3. The first-order valence-electron chi connectivity index (χ1n) is 6.45. The second-order valence-corrected chi connectivity index (χ2v) is 6.06. The van der Waals surface area contributed by atoms with Crippen molar-refractivity contribution >= 4 is 21.7 Å². The largest absolute Gasteiger partial charge is 0.294 e. The molecule has 0 atom stereocenters. The zero-order valence-electron chi connectivity index (χ0n) is 10.3. The molecule has 17 heavy (non-hydrogen) atoms. The van der Waals surface area contributed by atoms with Crippen LogP contribution in [0.3, 0.4) is 0 Å². The maximum Gasteiger partial charge on any atom is 0.163 e. The van der Waals surface area contributed by atoms with Gasteiger partial charge in [-0.15, -0.1) is 0 Å². The van der Waals surface area contributed by atoms with E-state index >= 15 is 0 Å². The van der Waals surface area contributed by atoms with Gasteiger partial charge in [-0.2, -0.15) is 0 Å². The highest BCUT2D eigenvalue weighted by molar-refractivity contribution is 9.10. The number of aryl methyl sites for hydroxylation is 1. The lowest BCUT2D eigenvalue weighted by atomic mass is 9.84. The van der Waals surface area contributed by atoms with Crippen LogP contribution in [0.4, 0.5) is 0 Å². The van der Waals surface area contributed by atoms with Crippen molar-refractivity contribution in [2.75, 3.05) is 0 Å². The third-order valence-electron chi connectivity index (χ3n) is 3.56. The Balaban J connectivity index is 2.03. The van der Waals surface area contributed by atoms with E-state index in [9.17, 15) is 4.79 Å². The SMILES string of the molecule is Cc1cc(Br)cc(C(=O)CC2CCCCC2)c1. The van der Waals surface area contributed by atoms with E-state index in [1.54, 1.807) is 0 Å². The minimum atomic E-state index is 0.307. The highest BCUT2D eigenvalue weighted by atomic mass is 79.9. The summed E-state index contributed by atoms with van der Waals surface area (Å²) in [5.74, 6) is 0.928. The van der Waals surface area contributed by atoms with Crippen LogP contribution >= 0.6 is 15.9 Å². The summed E-state index contributed by atoms with van der Waals surface area (Å²) in [5, 5.41) is 0. The normalized spacial score (nSPS) is 17.1. The van der Waals surface area contributed by atoms with Crippen molar-refractivity contribution < 1.29 is 4.79 Å². The van der Waals surface area contributed by atoms with Crippen LogP contribution in [-0.4, -0.2) is 5.78 Å². The van der Waals surface area contributed by atoms with Gasteiger partial charge in [0.25, 0.3) is 0 Å². The molecule has 1 nitrogen and oxygen atoms in total. The quantitative estimate of drug-likeness (QED) is 0.724. The molecule has 0 heterocycles. The maximum atomic E-state index is 12.2. The number of carbonyl (C=O) groups is 1. The second-order valence-electron chi connectivity index (χ2n) is 5.15. The third kappa shape index (κ3) is 3.67. The predicted octanol–water partition coefficient (Wildman–Crippen LogP) is 4.91. The van der Waals surface area contributed by atoms with Gasteiger partial charge in [0.15, 0.2) is 5.78 Å². The van der Waals surface area contributed by atoms with Crippen molar-refractivity contribution in [2.45, 2.75) is 45.4 Å². The summed E-state index contributed by atoms with van der Waals surface area (Å²) in [6.07, 6.45) is 7.15. The fourth-order valence-corrected chi connectivity index (χ4v) is 3.28. The molecule has 1 saturated carbocycles. The minimum absolute atomic E-state index is 0.307. The Kier molecular flexibility index (Phi) is 4.38. The summed E-state index contributed by atoms with van der Waals surface area (Å²) in [7, 11) is 0. The molecule has 0 aliphatic heterocycles. The summed E-state index contributed by atoms with van der Waals surface area (Å²) in [6, 6.07) is 5.98. The summed E-state index contributed by atoms with van der Waals surface area (Å²) in [4.78, 5) is 12.2. The van der Waals surface area contributed by atoms with E-state index in [0.29, 0.717) is 11.7 Å². The van der Waals surface area contributed by atoms with E-state index in [1.165, 1.54) is 32.1 Å². The van der Waals surface area contributed by atoms with Gasteiger partial charge in [0.2, 0.25) is 0 Å². The molecule has 0 radical (unpaired) electrons. The minimum Gasteiger partial charge on any atom is -0.294 e. The Morgan fingerprint density at radius 1 is 1.24 bits per heavy atom. The first kappa shape index (κ1) is 12.8. The lowest BCUT2D eigenvalue weighted by molar-refractivity contribution is 0.0950. The van der Waals surface area contributed by atoms with Crippen LogP contribution in [0.2, 0.25) is 0 Å². The van der Waals surface area contributed by atoms with Crippen molar-refractivity contribution in [2.24, 2.45) is 5.92 Å². The van der Waals surface area contributed by atoms with Gasteiger partial charge in [0, 0.05) is 16.5 Å². The van der Waals surface area contributed by atoms with Crippen molar-refractivity contribution in [3.8, 4) is 0 Å². The molecule has 1 aliphatic rings. The van der Waals surface area contributed by atoms with Crippen LogP contribution in [-0.2, 0) is 0 Å². The number of Topliss-reactive ketones (excluding diaryl/α,β-unsaturated/α-hetero) is 1. The molecule has 0 spiro atoms. The topological polar surface area (TPSA) is 17.1 Å². The number of hydrogen-bond donors (Lipinski definition) is 0. The Hall–Kier alpha value is -0.630. The number of ketones is 1. The highest BCUT2D eigenvalue weighted by Crippen LogP contribution is 2.28. The van der Waals surface area contributed by atoms with Gasteiger partial charge in [-0.05, 0) is 36.6 Å². The summed E-state index contributed by atoms with van der Waals surface area (Å²) < 4.78 is 1.00. The smallest absolute Gasteiger partial charge is 0.163 e. The van der Waals surface area contributed by atoms with E-state index in [4.69, 9.17) is 0 Å². The van der Waals surface area contributed by atoms with Gasteiger partial charge < -0.3 is 0 Å². The van der Waals surface area contributed by atoms with E-state index in [0.717, 1.165) is 22.0 Å². The second kappa shape index (κ2) is 5.81.